The molecule has 0 atom stereocenters. The molecule has 0 aliphatic rings. The van der Waals surface area contributed by atoms with Gasteiger partial charge in [0.05, 0.1) is 0 Å². The molecule has 2 nitrogen and oxygen atoms in total. The van der Waals surface area contributed by atoms with Crippen molar-refractivity contribution in [3.05, 3.63) is 131 Å². The van der Waals surface area contributed by atoms with Crippen LogP contribution in [0.25, 0.3) is 0 Å². The van der Waals surface area contributed by atoms with Crippen LogP contribution in [0.2, 0.25) is 0 Å². The smallest absolute Gasteiger partial charge is 0.175 e. The van der Waals surface area contributed by atoms with Gasteiger partial charge in [0, 0.05) is 11.4 Å². The Morgan fingerprint density at radius 3 is 1.17 bits per heavy atom. The third kappa shape index (κ3) is 5.79. The van der Waals surface area contributed by atoms with Crippen molar-refractivity contribution in [3.63, 3.8) is 0 Å². The molecule has 3 heteroatoms. The van der Waals surface area contributed by atoms with E-state index in [-0.39, 0.29) is 0 Å². The Hall–Kier alpha value is -3.43. The van der Waals surface area contributed by atoms with E-state index in [4.69, 9.17) is 12.2 Å². The van der Waals surface area contributed by atoms with Gasteiger partial charge in [0.15, 0.2) is 5.11 Å². The lowest BCUT2D eigenvalue weighted by atomic mass is 10.0. The average Bonchev–Trinajstić information content (AvgIpc) is 2.78. The van der Waals surface area contributed by atoms with Crippen LogP contribution in [0.1, 0.15) is 22.3 Å². The standard InChI is InChI=1S/C27H24N2S/c30-27(28-25-15-11-23(12-16-25)19-21-7-3-1-4-8-21)29-26-17-13-24(14-18-26)20-22-9-5-2-6-10-22/h1-18H,19-20H2,(H2,28,29,30). The predicted octanol–water partition coefficient (Wildman–Crippen LogP) is 6.68. The minimum atomic E-state index is 0.585. The Morgan fingerprint density at radius 2 is 0.800 bits per heavy atom. The number of hydrogen-bond donors (Lipinski definition) is 2. The topological polar surface area (TPSA) is 24.1 Å². The van der Waals surface area contributed by atoms with Gasteiger partial charge in [-0.3, -0.25) is 0 Å². The summed E-state index contributed by atoms with van der Waals surface area (Å²) in [6.45, 7) is 0. The zero-order chi connectivity index (χ0) is 20.6. The van der Waals surface area contributed by atoms with E-state index in [2.05, 4.69) is 108 Å². The Balaban J connectivity index is 1.30. The molecule has 0 saturated heterocycles. The molecule has 30 heavy (non-hydrogen) atoms. The van der Waals surface area contributed by atoms with Gasteiger partial charge in [-0.05, 0) is 71.6 Å². The van der Waals surface area contributed by atoms with Crippen molar-refractivity contribution in [1.82, 2.24) is 0 Å². The summed E-state index contributed by atoms with van der Waals surface area (Å²) in [7, 11) is 0. The maximum Gasteiger partial charge on any atom is 0.175 e. The van der Waals surface area contributed by atoms with Gasteiger partial charge < -0.3 is 10.6 Å². The van der Waals surface area contributed by atoms with Crippen molar-refractivity contribution in [2.24, 2.45) is 0 Å². The lowest BCUT2D eigenvalue weighted by Gasteiger charge is -2.12. The minimum Gasteiger partial charge on any atom is -0.332 e. The van der Waals surface area contributed by atoms with Crippen LogP contribution in [0, 0.1) is 0 Å². The zero-order valence-electron chi connectivity index (χ0n) is 16.7. The SMILES string of the molecule is S=C(Nc1ccc(Cc2ccccc2)cc1)Nc1ccc(Cc2ccccc2)cc1. The number of hydrogen-bond acceptors (Lipinski definition) is 1. The summed E-state index contributed by atoms with van der Waals surface area (Å²) in [5.74, 6) is 0. The molecule has 0 radical (unpaired) electrons. The molecule has 0 spiro atoms. The maximum absolute atomic E-state index is 5.47. The number of rotatable bonds is 6. The second-order valence-corrected chi connectivity index (χ2v) is 7.71. The molecule has 0 amide bonds. The molecule has 0 saturated carbocycles. The summed E-state index contributed by atoms with van der Waals surface area (Å²) >= 11 is 5.47. The first kappa shape index (κ1) is 19.9. The third-order valence-corrected chi connectivity index (χ3v) is 5.13. The molecule has 148 valence electrons. The van der Waals surface area contributed by atoms with Crippen LogP contribution in [0.3, 0.4) is 0 Å². The molecule has 0 bridgehead atoms. The molecule has 4 aromatic carbocycles. The van der Waals surface area contributed by atoms with Crippen LogP contribution in [-0.4, -0.2) is 5.11 Å². The molecule has 0 unspecified atom stereocenters. The van der Waals surface area contributed by atoms with Crippen LogP contribution in [0.15, 0.2) is 109 Å². The quantitative estimate of drug-likeness (QED) is 0.348. The highest BCUT2D eigenvalue weighted by Crippen LogP contribution is 2.16. The van der Waals surface area contributed by atoms with Crippen molar-refractivity contribution in [1.29, 1.82) is 0 Å². The molecule has 0 aliphatic heterocycles. The highest BCUT2D eigenvalue weighted by molar-refractivity contribution is 7.80. The Kier molecular flexibility index (Phi) is 6.53. The second kappa shape index (κ2) is 9.86. The molecule has 0 aromatic heterocycles. The van der Waals surface area contributed by atoms with Crippen molar-refractivity contribution in [2.75, 3.05) is 10.6 Å². The normalized spacial score (nSPS) is 10.4. The van der Waals surface area contributed by atoms with Crippen LogP contribution in [0.5, 0.6) is 0 Å². The number of anilines is 2. The number of benzene rings is 4. The first-order valence-corrected chi connectivity index (χ1v) is 10.5. The van der Waals surface area contributed by atoms with Crippen LogP contribution >= 0.6 is 12.2 Å². The fraction of sp³-hybridized carbons (Fsp3) is 0.0741. The van der Waals surface area contributed by atoms with Gasteiger partial charge in [-0.15, -0.1) is 0 Å². The summed E-state index contributed by atoms with van der Waals surface area (Å²) in [5, 5.41) is 7.10. The van der Waals surface area contributed by atoms with E-state index in [1.54, 1.807) is 0 Å². The van der Waals surface area contributed by atoms with E-state index in [0.717, 1.165) is 24.2 Å². The summed E-state index contributed by atoms with van der Waals surface area (Å²) in [6, 6.07) is 37.8. The predicted molar refractivity (Wildman–Crippen MR) is 131 cm³/mol. The molecule has 0 heterocycles. The molecule has 2 N–H and O–H groups in total. The number of nitrogens with one attached hydrogen (secondary N) is 2. The molecule has 0 fully saturated rings. The summed E-state index contributed by atoms with van der Waals surface area (Å²) in [6.07, 6.45) is 1.86. The summed E-state index contributed by atoms with van der Waals surface area (Å²) < 4.78 is 0. The molecule has 0 aliphatic carbocycles. The van der Waals surface area contributed by atoms with Crippen LogP contribution in [-0.2, 0) is 12.8 Å². The molecular weight excluding hydrogens is 384 g/mol. The fourth-order valence-corrected chi connectivity index (χ4v) is 3.60. The molecule has 4 rings (SSSR count). The van der Waals surface area contributed by atoms with E-state index in [1.165, 1.54) is 22.3 Å². The van der Waals surface area contributed by atoms with E-state index >= 15 is 0 Å². The molecular formula is C27H24N2S. The van der Waals surface area contributed by atoms with Crippen molar-refractivity contribution in [3.8, 4) is 0 Å². The van der Waals surface area contributed by atoms with Gasteiger partial charge in [-0.2, -0.15) is 0 Å². The number of thiocarbonyl (C=S) groups is 1. The average molecular weight is 409 g/mol. The third-order valence-electron chi connectivity index (χ3n) is 4.93. The van der Waals surface area contributed by atoms with Gasteiger partial charge in [0.2, 0.25) is 0 Å². The highest BCUT2D eigenvalue weighted by atomic mass is 32.1. The zero-order valence-corrected chi connectivity index (χ0v) is 17.5. The van der Waals surface area contributed by atoms with Crippen molar-refractivity contribution < 1.29 is 0 Å². The first-order valence-electron chi connectivity index (χ1n) is 10.1. The minimum absolute atomic E-state index is 0.585. The van der Waals surface area contributed by atoms with Gasteiger partial charge in [-0.25, -0.2) is 0 Å². The van der Waals surface area contributed by atoms with E-state index in [1.807, 2.05) is 12.1 Å². The van der Waals surface area contributed by atoms with Gasteiger partial charge in [0.25, 0.3) is 0 Å². The second-order valence-electron chi connectivity index (χ2n) is 7.30. The summed E-state index contributed by atoms with van der Waals surface area (Å²) in [5.41, 5.74) is 7.13. The van der Waals surface area contributed by atoms with Gasteiger partial charge in [0.1, 0.15) is 0 Å². The van der Waals surface area contributed by atoms with Crippen molar-refractivity contribution in [2.45, 2.75) is 12.8 Å². The Morgan fingerprint density at radius 1 is 0.467 bits per heavy atom. The monoisotopic (exact) mass is 408 g/mol. The molecule has 4 aromatic rings. The van der Waals surface area contributed by atoms with Crippen LogP contribution < -0.4 is 10.6 Å². The fourth-order valence-electron chi connectivity index (χ4n) is 3.37. The van der Waals surface area contributed by atoms with Crippen molar-refractivity contribution >= 4 is 28.7 Å². The summed E-state index contributed by atoms with van der Waals surface area (Å²) in [4.78, 5) is 0. The Bertz CT molecular complexity index is 984. The Labute approximate surface area is 183 Å². The largest absolute Gasteiger partial charge is 0.332 e. The van der Waals surface area contributed by atoms with Crippen LogP contribution in [0.4, 0.5) is 11.4 Å². The maximum atomic E-state index is 5.47. The van der Waals surface area contributed by atoms with Gasteiger partial charge >= 0.3 is 0 Å². The van der Waals surface area contributed by atoms with E-state index < -0.39 is 0 Å². The van der Waals surface area contributed by atoms with E-state index in [0.29, 0.717) is 5.11 Å². The van der Waals surface area contributed by atoms with Gasteiger partial charge in [-0.1, -0.05) is 84.9 Å². The lowest BCUT2D eigenvalue weighted by Crippen LogP contribution is -2.19. The van der Waals surface area contributed by atoms with E-state index in [9.17, 15) is 0 Å². The highest BCUT2D eigenvalue weighted by Gasteiger charge is 2.02. The lowest BCUT2D eigenvalue weighted by molar-refractivity contribution is 1.19. The first-order chi connectivity index (χ1) is 14.7.